The van der Waals surface area contributed by atoms with E-state index in [1.54, 1.807) is 35.2 Å². The Morgan fingerprint density at radius 3 is 2.22 bits per heavy atom. The van der Waals surface area contributed by atoms with Crippen LogP contribution < -0.4 is 5.01 Å². The van der Waals surface area contributed by atoms with Crippen LogP contribution in [-0.2, 0) is 19.6 Å². The number of hydrazone groups is 1. The van der Waals surface area contributed by atoms with Gasteiger partial charge in [-0.25, -0.2) is 13.4 Å². The van der Waals surface area contributed by atoms with E-state index in [4.69, 9.17) is 0 Å². The zero-order chi connectivity index (χ0) is 22.9. The van der Waals surface area contributed by atoms with Crippen molar-refractivity contribution in [3.8, 4) is 0 Å². The first-order valence-corrected chi connectivity index (χ1v) is 12.0. The summed E-state index contributed by atoms with van der Waals surface area (Å²) in [5, 5.41) is 5.68. The quantitative estimate of drug-likeness (QED) is 0.709. The predicted molar refractivity (Wildman–Crippen MR) is 122 cm³/mol. The van der Waals surface area contributed by atoms with E-state index in [1.807, 2.05) is 32.0 Å². The molecule has 0 aromatic heterocycles. The summed E-state index contributed by atoms with van der Waals surface area (Å²) in [5.74, 6) is -0.395. The average Bonchev–Trinajstić information content (AvgIpc) is 2.80. The van der Waals surface area contributed by atoms with Crippen molar-refractivity contribution < 1.29 is 18.0 Å². The number of benzene rings is 2. The highest BCUT2D eigenvalue weighted by atomic mass is 32.2. The van der Waals surface area contributed by atoms with Crippen LogP contribution in [0.5, 0.6) is 0 Å². The molecule has 0 aliphatic carbocycles. The number of amides is 2. The van der Waals surface area contributed by atoms with Crippen LogP contribution in [0.3, 0.4) is 0 Å². The molecule has 0 bridgehead atoms. The van der Waals surface area contributed by atoms with Crippen LogP contribution in [-0.4, -0.2) is 61.3 Å². The summed E-state index contributed by atoms with van der Waals surface area (Å²) in [4.78, 5) is 27.4. The zero-order valence-electron chi connectivity index (χ0n) is 18.2. The van der Waals surface area contributed by atoms with Gasteiger partial charge >= 0.3 is 0 Å². The number of carbonyl (C=O) groups is 2. The van der Waals surface area contributed by atoms with Gasteiger partial charge in [-0.15, -0.1) is 0 Å². The molecule has 0 unspecified atom stereocenters. The molecule has 2 amide bonds. The maximum Gasteiger partial charge on any atom is 0.270 e. The molecular weight excluding hydrogens is 428 g/mol. The van der Waals surface area contributed by atoms with E-state index in [0.717, 1.165) is 11.1 Å². The van der Waals surface area contributed by atoms with Gasteiger partial charge in [0.05, 0.1) is 10.6 Å². The topological polar surface area (TPSA) is 90.4 Å². The first kappa shape index (κ1) is 22.2. The molecular formula is C23H26N4O4S. The lowest BCUT2D eigenvalue weighted by molar-refractivity contribution is -0.125. The highest BCUT2D eigenvalue weighted by molar-refractivity contribution is 7.89. The fourth-order valence-corrected chi connectivity index (χ4v) is 5.29. The Hall–Kier alpha value is -3.04. The summed E-state index contributed by atoms with van der Waals surface area (Å²) in [6.07, 6.45) is 0.489. The normalized spacial score (nSPS) is 17.9. The van der Waals surface area contributed by atoms with Gasteiger partial charge in [-0.2, -0.15) is 9.41 Å². The third kappa shape index (κ3) is 4.31. The number of carbonyl (C=O) groups excluding carboxylic acids is 2. The SMILES string of the molecule is Cc1ccc(S(=O)(=O)N2CCN(C(=O)C3=NN(c4ccccc4C)C(=O)CC3)CC2)cc1. The minimum Gasteiger partial charge on any atom is -0.335 e. The second-order valence-corrected chi connectivity index (χ2v) is 9.99. The summed E-state index contributed by atoms with van der Waals surface area (Å²) in [5.41, 5.74) is 2.87. The standard InChI is InChI=1S/C23H26N4O4S/c1-17-7-9-19(10-8-17)32(30,31)26-15-13-25(14-16-26)23(29)20-11-12-22(28)27(24-20)21-6-4-3-5-18(21)2/h3-10H,11-16H2,1-2H3. The van der Waals surface area contributed by atoms with Crippen molar-refractivity contribution in [2.45, 2.75) is 31.6 Å². The fourth-order valence-electron chi connectivity index (χ4n) is 3.87. The number of para-hydroxylation sites is 1. The molecule has 1 saturated heterocycles. The molecule has 0 radical (unpaired) electrons. The van der Waals surface area contributed by atoms with Crippen molar-refractivity contribution in [2.75, 3.05) is 31.2 Å². The Kier molecular flexibility index (Phi) is 6.12. The minimum atomic E-state index is -3.60. The predicted octanol–water partition coefficient (Wildman–Crippen LogP) is 2.32. The highest BCUT2D eigenvalue weighted by Crippen LogP contribution is 2.25. The monoisotopic (exact) mass is 454 g/mol. The lowest BCUT2D eigenvalue weighted by Crippen LogP contribution is -2.52. The molecule has 0 atom stereocenters. The van der Waals surface area contributed by atoms with E-state index in [2.05, 4.69) is 5.10 Å². The largest absolute Gasteiger partial charge is 0.335 e. The van der Waals surface area contributed by atoms with Crippen LogP contribution in [0, 0.1) is 13.8 Å². The number of hydrogen-bond acceptors (Lipinski definition) is 5. The second kappa shape index (κ2) is 8.84. The molecule has 32 heavy (non-hydrogen) atoms. The van der Waals surface area contributed by atoms with Gasteiger partial charge in [0.2, 0.25) is 15.9 Å². The molecule has 4 rings (SSSR count). The molecule has 0 spiro atoms. The number of anilines is 1. The number of hydrogen-bond donors (Lipinski definition) is 0. The Bertz CT molecular complexity index is 1170. The summed E-state index contributed by atoms with van der Waals surface area (Å²) in [7, 11) is -3.60. The second-order valence-electron chi connectivity index (χ2n) is 8.05. The maximum atomic E-state index is 13.1. The molecule has 2 aliphatic rings. The van der Waals surface area contributed by atoms with Crippen molar-refractivity contribution in [1.82, 2.24) is 9.21 Å². The van der Waals surface area contributed by atoms with Gasteiger partial charge < -0.3 is 4.90 Å². The Balaban J connectivity index is 1.46. The number of sulfonamides is 1. The molecule has 2 aliphatic heterocycles. The van der Waals surface area contributed by atoms with Crippen molar-refractivity contribution in [3.63, 3.8) is 0 Å². The third-order valence-electron chi connectivity index (χ3n) is 5.81. The van der Waals surface area contributed by atoms with Gasteiger partial charge in [-0.3, -0.25) is 9.59 Å². The summed E-state index contributed by atoms with van der Waals surface area (Å²) in [6, 6.07) is 14.2. The van der Waals surface area contributed by atoms with Crippen molar-refractivity contribution in [2.24, 2.45) is 5.10 Å². The maximum absolute atomic E-state index is 13.1. The van der Waals surface area contributed by atoms with Crippen molar-refractivity contribution in [1.29, 1.82) is 0 Å². The molecule has 1 fully saturated rings. The van der Waals surface area contributed by atoms with E-state index in [-0.39, 0.29) is 55.7 Å². The minimum absolute atomic E-state index is 0.148. The molecule has 2 heterocycles. The molecule has 0 N–H and O–H groups in total. The van der Waals surface area contributed by atoms with E-state index in [9.17, 15) is 18.0 Å². The smallest absolute Gasteiger partial charge is 0.270 e. The molecule has 2 aromatic carbocycles. The van der Waals surface area contributed by atoms with Gasteiger partial charge in [-0.1, -0.05) is 35.9 Å². The summed E-state index contributed by atoms with van der Waals surface area (Å²) >= 11 is 0. The molecule has 8 nitrogen and oxygen atoms in total. The van der Waals surface area contributed by atoms with Crippen molar-refractivity contribution >= 4 is 33.2 Å². The molecule has 2 aromatic rings. The fraction of sp³-hybridized carbons (Fsp3) is 0.348. The molecule has 0 saturated carbocycles. The van der Waals surface area contributed by atoms with E-state index in [1.165, 1.54) is 9.31 Å². The number of aryl methyl sites for hydroxylation is 2. The third-order valence-corrected chi connectivity index (χ3v) is 7.72. The van der Waals surface area contributed by atoms with Gasteiger partial charge in [0.15, 0.2) is 0 Å². The number of rotatable bonds is 4. The van der Waals surface area contributed by atoms with E-state index < -0.39 is 10.0 Å². The van der Waals surface area contributed by atoms with Crippen LogP contribution in [0.4, 0.5) is 5.69 Å². The van der Waals surface area contributed by atoms with Crippen LogP contribution in [0.1, 0.15) is 24.0 Å². The van der Waals surface area contributed by atoms with Gasteiger partial charge in [0.1, 0.15) is 5.71 Å². The zero-order valence-corrected chi connectivity index (χ0v) is 19.0. The van der Waals surface area contributed by atoms with Gasteiger partial charge in [0.25, 0.3) is 5.91 Å². The summed E-state index contributed by atoms with van der Waals surface area (Å²) in [6.45, 7) is 4.79. The van der Waals surface area contributed by atoms with E-state index >= 15 is 0 Å². The van der Waals surface area contributed by atoms with Crippen LogP contribution in [0.25, 0.3) is 0 Å². The first-order valence-electron chi connectivity index (χ1n) is 10.6. The Morgan fingerprint density at radius 1 is 0.906 bits per heavy atom. The Labute approximate surface area is 188 Å². The van der Waals surface area contributed by atoms with Crippen LogP contribution in [0.2, 0.25) is 0 Å². The molecule has 9 heteroatoms. The van der Waals surface area contributed by atoms with Gasteiger partial charge in [-0.05, 0) is 37.6 Å². The summed E-state index contributed by atoms with van der Waals surface area (Å²) < 4.78 is 27.2. The lowest BCUT2D eigenvalue weighted by Gasteiger charge is -2.35. The highest BCUT2D eigenvalue weighted by Gasteiger charge is 2.33. The lowest BCUT2D eigenvalue weighted by atomic mass is 10.1. The number of piperazine rings is 1. The number of nitrogens with zero attached hydrogens (tertiary/aromatic N) is 4. The Morgan fingerprint density at radius 2 is 1.56 bits per heavy atom. The van der Waals surface area contributed by atoms with Crippen LogP contribution in [0.15, 0.2) is 58.5 Å². The van der Waals surface area contributed by atoms with E-state index in [0.29, 0.717) is 11.4 Å². The van der Waals surface area contributed by atoms with Crippen LogP contribution >= 0.6 is 0 Å². The van der Waals surface area contributed by atoms with Gasteiger partial charge in [0, 0.05) is 39.0 Å². The van der Waals surface area contributed by atoms with Crippen molar-refractivity contribution in [3.05, 3.63) is 59.7 Å². The first-order chi connectivity index (χ1) is 15.3. The molecule has 168 valence electrons. The average molecular weight is 455 g/mol.